The Balaban J connectivity index is 1.80. The summed E-state index contributed by atoms with van der Waals surface area (Å²) in [5, 5.41) is -0.00817. The molecule has 8 heteroatoms. The summed E-state index contributed by atoms with van der Waals surface area (Å²) in [5.41, 5.74) is 3.04. The van der Waals surface area contributed by atoms with Gasteiger partial charge in [0.25, 0.3) is 11.8 Å². The minimum Gasteiger partial charge on any atom is -0.318 e. The number of likely N-dealkylation sites (N-methyl/N-ethyl adjacent to an activating group) is 1. The number of hydrogen-bond acceptors (Lipinski definition) is 3. The Kier molecular flexibility index (Phi) is 5.44. The lowest BCUT2D eigenvalue weighted by Gasteiger charge is -2.31. The van der Waals surface area contributed by atoms with Gasteiger partial charge in [-0.2, -0.15) is 0 Å². The Bertz CT molecular complexity index is 1300. The predicted molar refractivity (Wildman–Crippen MR) is 120 cm³/mol. The molecule has 0 bridgehead atoms. The maximum absolute atomic E-state index is 13.6. The van der Waals surface area contributed by atoms with Crippen LogP contribution >= 0.6 is 11.6 Å². The number of imide groups is 2. The van der Waals surface area contributed by atoms with Crippen LogP contribution in [0.25, 0.3) is 11.8 Å². The summed E-state index contributed by atoms with van der Waals surface area (Å²) in [6.45, 7) is 3.67. The highest BCUT2D eigenvalue weighted by Gasteiger charge is 2.41. The number of hydrogen-bond donors (Lipinski definition) is 0. The van der Waals surface area contributed by atoms with E-state index in [0.29, 0.717) is 16.9 Å². The van der Waals surface area contributed by atoms with Crippen LogP contribution in [0, 0.1) is 19.7 Å². The fraction of sp³-hybridized carbons (Fsp3) is 0.125. The Morgan fingerprint density at radius 1 is 0.906 bits per heavy atom. The lowest BCUT2D eigenvalue weighted by atomic mass is 10.1. The monoisotopic (exact) mass is 451 g/mol. The first-order chi connectivity index (χ1) is 15.2. The third-order valence-electron chi connectivity index (χ3n) is 5.39. The number of carbonyl (C=O) groups is 3. The van der Waals surface area contributed by atoms with E-state index in [1.165, 1.54) is 25.3 Å². The number of benzene rings is 2. The molecule has 0 radical (unpaired) electrons. The predicted octanol–water partition coefficient (Wildman–Crippen LogP) is 4.90. The Hall–Kier alpha value is -3.71. The summed E-state index contributed by atoms with van der Waals surface area (Å²) in [4.78, 5) is 40.5. The Labute approximate surface area is 189 Å². The molecule has 1 aliphatic heterocycles. The molecule has 0 N–H and O–H groups in total. The molecule has 0 unspecified atom stereocenters. The van der Waals surface area contributed by atoms with Crippen molar-refractivity contribution in [1.82, 2.24) is 9.47 Å². The van der Waals surface area contributed by atoms with Gasteiger partial charge in [0.05, 0.1) is 10.7 Å². The van der Waals surface area contributed by atoms with Crippen molar-refractivity contribution in [3.63, 3.8) is 0 Å². The standard InChI is InChI=1S/C24H19ClFN3O3/c1-14-11-16(15(2)28(14)18-9-10-21(26)20(25)13-18)12-19-22(30)27(3)24(32)29(23(19)31)17-7-5-4-6-8-17/h4-13H,1-3H3/b19-12+. The van der Waals surface area contributed by atoms with E-state index in [2.05, 4.69) is 0 Å². The first-order valence-electron chi connectivity index (χ1n) is 9.78. The molecule has 4 rings (SSSR count). The number of anilines is 1. The highest BCUT2D eigenvalue weighted by molar-refractivity contribution is 6.39. The van der Waals surface area contributed by atoms with Crippen LogP contribution in [0.15, 0.2) is 60.2 Å². The van der Waals surface area contributed by atoms with Crippen LogP contribution in [-0.4, -0.2) is 34.4 Å². The maximum atomic E-state index is 13.6. The van der Waals surface area contributed by atoms with Crippen LogP contribution in [-0.2, 0) is 9.59 Å². The molecule has 0 atom stereocenters. The second-order valence-electron chi connectivity index (χ2n) is 7.44. The Morgan fingerprint density at radius 3 is 2.25 bits per heavy atom. The smallest absolute Gasteiger partial charge is 0.318 e. The number of carbonyl (C=O) groups excluding carboxylic acids is 3. The lowest BCUT2D eigenvalue weighted by molar-refractivity contribution is -0.128. The summed E-state index contributed by atoms with van der Waals surface area (Å²) in [7, 11) is 1.34. The lowest BCUT2D eigenvalue weighted by Crippen LogP contribution is -2.55. The zero-order valence-electron chi connectivity index (χ0n) is 17.6. The van der Waals surface area contributed by atoms with Gasteiger partial charge in [-0.1, -0.05) is 29.8 Å². The number of barbiturate groups is 1. The van der Waals surface area contributed by atoms with Crippen molar-refractivity contribution in [1.29, 1.82) is 0 Å². The zero-order chi connectivity index (χ0) is 23.2. The van der Waals surface area contributed by atoms with E-state index in [-0.39, 0.29) is 10.6 Å². The average molecular weight is 452 g/mol. The number of aromatic nitrogens is 1. The summed E-state index contributed by atoms with van der Waals surface area (Å²) in [6, 6.07) is 13.9. The normalized spacial score (nSPS) is 15.8. The van der Waals surface area contributed by atoms with Gasteiger partial charge in [0, 0.05) is 24.1 Å². The largest absolute Gasteiger partial charge is 0.338 e. The van der Waals surface area contributed by atoms with Gasteiger partial charge in [-0.3, -0.25) is 14.5 Å². The molecular formula is C24H19ClFN3O3. The fourth-order valence-corrected chi connectivity index (χ4v) is 3.93. The number of nitrogens with zero attached hydrogens (tertiary/aromatic N) is 3. The molecule has 1 fully saturated rings. The van der Waals surface area contributed by atoms with E-state index in [1.807, 2.05) is 24.5 Å². The number of rotatable bonds is 3. The molecule has 162 valence electrons. The maximum Gasteiger partial charge on any atom is 0.338 e. The molecule has 6 nitrogen and oxygen atoms in total. The highest BCUT2D eigenvalue weighted by Crippen LogP contribution is 2.29. The fourth-order valence-electron chi connectivity index (χ4n) is 3.76. The van der Waals surface area contributed by atoms with E-state index in [9.17, 15) is 18.8 Å². The third-order valence-corrected chi connectivity index (χ3v) is 5.68. The van der Waals surface area contributed by atoms with Crippen molar-refractivity contribution >= 4 is 41.2 Å². The third kappa shape index (κ3) is 3.50. The average Bonchev–Trinajstić information content (AvgIpc) is 3.05. The quantitative estimate of drug-likeness (QED) is 0.420. The summed E-state index contributed by atoms with van der Waals surface area (Å²) >= 11 is 5.94. The van der Waals surface area contributed by atoms with Crippen LogP contribution in [0.5, 0.6) is 0 Å². The van der Waals surface area contributed by atoms with Gasteiger partial charge in [0.2, 0.25) is 0 Å². The molecule has 0 saturated carbocycles. The summed E-state index contributed by atoms with van der Waals surface area (Å²) < 4.78 is 15.4. The van der Waals surface area contributed by atoms with Gasteiger partial charge in [-0.05, 0) is 61.9 Å². The zero-order valence-corrected chi connectivity index (χ0v) is 18.4. The number of halogens is 2. The molecule has 1 saturated heterocycles. The molecule has 2 heterocycles. The van der Waals surface area contributed by atoms with Gasteiger partial charge in [0.15, 0.2) is 0 Å². The molecule has 3 aromatic rings. The summed E-state index contributed by atoms with van der Waals surface area (Å²) in [5.74, 6) is -1.90. The summed E-state index contributed by atoms with van der Waals surface area (Å²) in [6.07, 6.45) is 1.48. The van der Waals surface area contributed by atoms with Crippen LogP contribution in [0.1, 0.15) is 17.0 Å². The molecular weight excluding hydrogens is 433 g/mol. The van der Waals surface area contributed by atoms with E-state index >= 15 is 0 Å². The van der Waals surface area contributed by atoms with Crippen LogP contribution in [0.2, 0.25) is 5.02 Å². The van der Waals surface area contributed by atoms with Gasteiger partial charge in [-0.25, -0.2) is 14.1 Å². The van der Waals surface area contributed by atoms with Crippen molar-refractivity contribution in [2.24, 2.45) is 0 Å². The number of aryl methyl sites for hydroxylation is 1. The molecule has 32 heavy (non-hydrogen) atoms. The van der Waals surface area contributed by atoms with Crippen molar-refractivity contribution < 1.29 is 18.8 Å². The molecule has 0 aliphatic carbocycles. The van der Waals surface area contributed by atoms with E-state index in [0.717, 1.165) is 21.2 Å². The van der Waals surface area contributed by atoms with Crippen molar-refractivity contribution in [3.8, 4) is 5.69 Å². The first kappa shape index (κ1) is 21.5. The minimum atomic E-state index is -0.713. The molecule has 2 aromatic carbocycles. The molecule has 1 aromatic heterocycles. The number of para-hydroxylation sites is 1. The Morgan fingerprint density at radius 2 is 1.59 bits per heavy atom. The van der Waals surface area contributed by atoms with Crippen molar-refractivity contribution in [2.75, 3.05) is 11.9 Å². The van der Waals surface area contributed by atoms with Crippen molar-refractivity contribution in [2.45, 2.75) is 13.8 Å². The van der Waals surface area contributed by atoms with Crippen LogP contribution < -0.4 is 4.90 Å². The number of urea groups is 1. The molecule has 1 aliphatic rings. The van der Waals surface area contributed by atoms with Gasteiger partial charge < -0.3 is 4.57 Å². The SMILES string of the molecule is Cc1cc(/C=C2\C(=O)N(C)C(=O)N(c3ccccc3)C2=O)c(C)n1-c1ccc(F)c(Cl)c1. The minimum absolute atomic E-state index is 0.00817. The van der Waals surface area contributed by atoms with E-state index in [4.69, 9.17) is 11.6 Å². The second kappa shape index (κ2) is 8.09. The van der Waals surface area contributed by atoms with Gasteiger partial charge in [0.1, 0.15) is 11.4 Å². The van der Waals surface area contributed by atoms with Crippen LogP contribution in [0.4, 0.5) is 14.9 Å². The van der Waals surface area contributed by atoms with E-state index < -0.39 is 23.7 Å². The highest BCUT2D eigenvalue weighted by atomic mass is 35.5. The first-order valence-corrected chi connectivity index (χ1v) is 10.2. The van der Waals surface area contributed by atoms with E-state index in [1.54, 1.807) is 36.4 Å². The molecule has 0 spiro atoms. The van der Waals surface area contributed by atoms with Gasteiger partial charge in [-0.15, -0.1) is 0 Å². The second-order valence-corrected chi connectivity index (χ2v) is 7.85. The topological polar surface area (TPSA) is 62.6 Å². The van der Waals surface area contributed by atoms with Crippen molar-refractivity contribution in [3.05, 3.63) is 88.0 Å². The van der Waals surface area contributed by atoms with Crippen LogP contribution in [0.3, 0.4) is 0 Å². The van der Waals surface area contributed by atoms with Gasteiger partial charge >= 0.3 is 6.03 Å². The number of amides is 4. The molecule has 4 amide bonds.